The van der Waals surface area contributed by atoms with Gasteiger partial charge in [0.25, 0.3) is 5.91 Å². The smallest absolute Gasteiger partial charge is 0.259 e. The van der Waals surface area contributed by atoms with Crippen molar-refractivity contribution in [1.29, 1.82) is 0 Å². The quantitative estimate of drug-likeness (QED) is 0.466. The lowest BCUT2D eigenvalue weighted by atomic mass is 10.0. The summed E-state index contributed by atoms with van der Waals surface area (Å²) in [4.78, 5) is 15.1. The van der Waals surface area contributed by atoms with Gasteiger partial charge in [-0.3, -0.25) is 4.79 Å². The van der Waals surface area contributed by atoms with Gasteiger partial charge >= 0.3 is 0 Å². The van der Waals surface area contributed by atoms with Gasteiger partial charge in [0.15, 0.2) is 11.5 Å². The number of nitrogens with zero attached hydrogens (tertiary/aromatic N) is 3. The summed E-state index contributed by atoms with van der Waals surface area (Å²) < 4.78 is 40.6. The minimum Gasteiger partial charge on any atom is -0.454 e. The largest absolute Gasteiger partial charge is 0.454 e. The standard InChI is InChI=1S/C25H20F2N4O3/c26-15-3-5-20(27)18(10-15)21-2-1-8-30(21)17-7-9-31-22(12-17)19(13-28-31)25(32)29-16-4-6-23-24(11-16)34-14-33-23/h3-7,9-13,21H,1-2,8,14H2,(H,29,32)/t21-/m1/s1. The molecule has 0 unspecified atom stereocenters. The van der Waals surface area contributed by atoms with Crippen molar-refractivity contribution in [3.63, 3.8) is 0 Å². The molecule has 7 nitrogen and oxygen atoms in total. The molecule has 4 aromatic rings. The molecule has 1 saturated heterocycles. The van der Waals surface area contributed by atoms with E-state index in [-0.39, 0.29) is 18.7 Å². The number of carbonyl (C=O) groups excluding carboxylic acids is 1. The van der Waals surface area contributed by atoms with E-state index in [1.165, 1.54) is 18.3 Å². The zero-order chi connectivity index (χ0) is 23.2. The average molecular weight is 462 g/mol. The molecular formula is C25H20F2N4O3. The number of amides is 1. The van der Waals surface area contributed by atoms with E-state index in [1.54, 1.807) is 28.9 Å². The Morgan fingerprint density at radius 1 is 1.06 bits per heavy atom. The Kier molecular flexibility index (Phi) is 4.83. The molecule has 0 saturated carbocycles. The fraction of sp³-hybridized carbons (Fsp3) is 0.200. The summed E-state index contributed by atoms with van der Waals surface area (Å²) in [5.74, 6) is 0.00258. The van der Waals surface area contributed by atoms with Gasteiger partial charge in [0.05, 0.1) is 23.3 Å². The number of nitrogens with one attached hydrogen (secondary N) is 1. The van der Waals surface area contributed by atoms with Crippen LogP contribution in [0.5, 0.6) is 11.5 Å². The molecule has 34 heavy (non-hydrogen) atoms. The number of anilines is 2. The Morgan fingerprint density at radius 2 is 1.94 bits per heavy atom. The first-order valence-corrected chi connectivity index (χ1v) is 11.0. The Morgan fingerprint density at radius 3 is 2.85 bits per heavy atom. The molecule has 1 amide bonds. The predicted molar refractivity (Wildman–Crippen MR) is 121 cm³/mol. The van der Waals surface area contributed by atoms with Gasteiger partial charge in [-0.25, -0.2) is 13.3 Å². The molecule has 2 aliphatic heterocycles. The SMILES string of the molecule is O=C(Nc1ccc2c(c1)OCO2)c1cnn2ccc(N3CCC[C@@H]3c3cc(F)ccc3F)cc12. The fourth-order valence-corrected chi connectivity index (χ4v) is 4.66. The van der Waals surface area contributed by atoms with Crippen LogP contribution in [0.1, 0.15) is 34.8 Å². The first-order chi connectivity index (χ1) is 16.6. The van der Waals surface area contributed by atoms with E-state index in [1.807, 2.05) is 17.0 Å². The van der Waals surface area contributed by atoms with Crippen LogP contribution in [0.25, 0.3) is 5.52 Å². The summed E-state index contributed by atoms with van der Waals surface area (Å²) >= 11 is 0. The topological polar surface area (TPSA) is 68.1 Å². The van der Waals surface area contributed by atoms with Crippen molar-refractivity contribution in [1.82, 2.24) is 9.61 Å². The number of rotatable bonds is 4. The monoisotopic (exact) mass is 462 g/mol. The molecule has 1 atom stereocenters. The lowest BCUT2D eigenvalue weighted by Gasteiger charge is -2.27. The summed E-state index contributed by atoms with van der Waals surface area (Å²) in [6.07, 6.45) is 4.83. The number of benzene rings is 2. The second-order valence-corrected chi connectivity index (χ2v) is 8.31. The molecular weight excluding hydrogens is 442 g/mol. The summed E-state index contributed by atoms with van der Waals surface area (Å²) in [5, 5.41) is 7.16. The number of aromatic nitrogens is 2. The Hall–Kier alpha value is -4.14. The molecule has 2 aromatic heterocycles. The van der Waals surface area contributed by atoms with E-state index in [0.29, 0.717) is 46.8 Å². The fourth-order valence-electron chi connectivity index (χ4n) is 4.66. The second-order valence-electron chi connectivity index (χ2n) is 8.31. The minimum absolute atomic E-state index is 0.153. The van der Waals surface area contributed by atoms with Gasteiger partial charge in [-0.05, 0) is 55.3 Å². The third-order valence-corrected chi connectivity index (χ3v) is 6.28. The van der Waals surface area contributed by atoms with Gasteiger partial charge in [0.1, 0.15) is 11.6 Å². The lowest BCUT2D eigenvalue weighted by Crippen LogP contribution is -2.23. The average Bonchev–Trinajstić information content (AvgIpc) is 3.59. The molecule has 1 fully saturated rings. The molecule has 9 heteroatoms. The molecule has 0 spiro atoms. The van der Waals surface area contributed by atoms with Crippen LogP contribution in [0.3, 0.4) is 0 Å². The number of halogens is 2. The van der Waals surface area contributed by atoms with Gasteiger partial charge in [-0.15, -0.1) is 0 Å². The summed E-state index contributed by atoms with van der Waals surface area (Å²) in [7, 11) is 0. The number of fused-ring (bicyclic) bond motifs is 2. The van der Waals surface area contributed by atoms with Crippen molar-refractivity contribution >= 4 is 22.8 Å². The minimum atomic E-state index is -0.461. The normalized spacial score (nSPS) is 16.9. The molecule has 4 heterocycles. The van der Waals surface area contributed by atoms with Crippen LogP contribution < -0.4 is 19.7 Å². The van der Waals surface area contributed by atoms with Crippen molar-refractivity contribution < 1.29 is 23.0 Å². The third-order valence-electron chi connectivity index (χ3n) is 6.28. The van der Waals surface area contributed by atoms with Gasteiger partial charge in [-0.1, -0.05) is 0 Å². The molecule has 2 aromatic carbocycles. The number of pyridine rings is 1. The van der Waals surface area contributed by atoms with Crippen LogP contribution in [-0.2, 0) is 0 Å². The summed E-state index contributed by atoms with van der Waals surface area (Å²) in [6, 6.07) is 12.2. The van der Waals surface area contributed by atoms with Crippen LogP contribution in [0.15, 0.2) is 60.9 Å². The maximum atomic E-state index is 14.5. The Bertz CT molecular complexity index is 1420. The zero-order valence-electron chi connectivity index (χ0n) is 18.0. The van der Waals surface area contributed by atoms with Crippen LogP contribution in [-0.4, -0.2) is 28.9 Å². The predicted octanol–water partition coefficient (Wildman–Crippen LogP) is 4.94. The first kappa shape index (κ1) is 20.5. The molecule has 6 rings (SSSR count). The van der Waals surface area contributed by atoms with E-state index in [2.05, 4.69) is 10.4 Å². The number of ether oxygens (including phenoxy) is 2. The van der Waals surface area contributed by atoms with Gasteiger partial charge in [0, 0.05) is 35.7 Å². The van der Waals surface area contributed by atoms with Gasteiger partial charge in [0.2, 0.25) is 6.79 Å². The van der Waals surface area contributed by atoms with Crippen molar-refractivity contribution in [2.24, 2.45) is 0 Å². The highest BCUT2D eigenvalue weighted by Gasteiger charge is 2.29. The van der Waals surface area contributed by atoms with E-state index in [4.69, 9.17) is 9.47 Å². The van der Waals surface area contributed by atoms with Crippen LogP contribution in [0.2, 0.25) is 0 Å². The van der Waals surface area contributed by atoms with Gasteiger partial charge < -0.3 is 19.7 Å². The number of hydrogen-bond donors (Lipinski definition) is 1. The highest BCUT2D eigenvalue weighted by atomic mass is 19.1. The molecule has 0 radical (unpaired) electrons. The molecule has 0 aliphatic carbocycles. The van der Waals surface area contributed by atoms with E-state index >= 15 is 0 Å². The van der Waals surface area contributed by atoms with Crippen LogP contribution in [0, 0.1) is 11.6 Å². The van der Waals surface area contributed by atoms with E-state index in [9.17, 15) is 13.6 Å². The van der Waals surface area contributed by atoms with Crippen molar-refractivity contribution in [3.05, 3.63) is 83.7 Å². The summed E-state index contributed by atoms with van der Waals surface area (Å²) in [6.45, 7) is 0.851. The molecule has 172 valence electrons. The summed E-state index contributed by atoms with van der Waals surface area (Å²) in [5.41, 5.74) is 2.74. The second kappa shape index (κ2) is 8.02. The van der Waals surface area contributed by atoms with Crippen LogP contribution >= 0.6 is 0 Å². The van der Waals surface area contributed by atoms with Gasteiger partial charge in [-0.2, -0.15) is 5.10 Å². The Labute approximate surface area is 193 Å². The van der Waals surface area contributed by atoms with Crippen LogP contribution in [0.4, 0.5) is 20.2 Å². The maximum Gasteiger partial charge on any atom is 0.259 e. The Balaban J connectivity index is 1.31. The maximum absolute atomic E-state index is 14.5. The highest BCUT2D eigenvalue weighted by Crippen LogP contribution is 2.38. The van der Waals surface area contributed by atoms with Crippen molar-refractivity contribution in [3.8, 4) is 11.5 Å². The number of carbonyl (C=O) groups is 1. The highest BCUT2D eigenvalue weighted by molar-refractivity contribution is 6.09. The van der Waals surface area contributed by atoms with E-state index < -0.39 is 11.6 Å². The third kappa shape index (κ3) is 3.49. The first-order valence-electron chi connectivity index (χ1n) is 11.0. The molecule has 1 N–H and O–H groups in total. The zero-order valence-corrected chi connectivity index (χ0v) is 18.0. The van der Waals surface area contributed by atoms with E-state index in [0.717, 1.165) is 18.2 Å². The molecule has 2 aliphatic rings. The lowest BCUT2D eigenvalue weighted by molar-refractivity contribution is 0.102. The van der Waals surface area contributed by atoms with Crippen molar-refractivity contribution in [2.45, 2.75) is 18.9 Å². The molecule has 0 bridgehead atoms. The number of hydrogen-bond acceptors (Lipinski definition) is 5. The van der Waals surface area contributed by atoms with Crippen molar-refractivity contribution in [2.75, 3.05) is 23.6 Å².